The fraction of sp³-hybridized carbons (Fsp3) is 0.318. The number of benzene rings is 2. The average molecular weight is 379 g/mol. The van der Waals surface area contributed by atoms with E-state index >= 15 is 0 Å². The summed E-state index contributed by atoms with van der Waals surface area (Å²) in [4.78, 5) is 9.59. The van der Waals surface area contributed by atoms with Gasteiger partial charge >= 0.3 is 0 Å². The zero-order valence-electron chi connectivity index (χ0n) is 16.0. The van der Waals surface area contributed by atoms with Crippen LogP contribution >= 0.6 is 11.3 Å². The molecule has 0 radical (unpaired) electrons. The summed E-state index contributed by atoms with van der Waals surface area (Å²) in [5.74, 6) is 0. The number of aromatic nitrogens is 1. The summed E-state index contributed by atoms with van der Waals surface area (Å²) >= 11 is 1.64. The number of rotatable bonds is 5. The minimum absolute atomic E-state index is 0.928. The number of hydrogen-bond donors (Lipinski definition) is 1. The van der Waals surface area contributed by atoms with Crippen molar-refractivity contribution in [3.63, 3.8) is 0 Å². The minimum Gasteiger partial charge on any atom is -0.369 e. The minimum atomic E-state index is 0.928. The lowest BCUT2D eigenvalue weighted by Gasteiger charge is -2.34. The van der Waals surface area contributed by atoms with Gasteiger partial charge in [-0.1, -0.05) is 31.2 Å². The maximum atomic E-state index is 4.76. The van der Waals surface area contributed by atoms with E-state index in [0.29, 0.717) is 0 Å². The molecule has 4 rings (SSSR count). The molecule has 1 saturated heterocycles. The normalized spacial score (nSPS) is 15.1. The lowest BCUT2D eigenvalue weighted by Crippen LogP contribution is -2.44. The van der Waals surface area contributed by atoms with Gasteiger partial charge in [0.05, 0.1) is 5.69 Å². The fourth-order valence-electron chi connectivity index (χ4n) is 3.32. The SMILES string of the molecule is CCc1ccc(Nc2nc(-c3ccc(N4CCN(C)CC4)cc3)cs2)cc1. The Morgan fingerprint density at radius 1 is 0.963 bits per heavy atom. The van der Waals surface area contributed by atoms with Crippen molar-refractivity contribution < 1.29 is 0 Å². The number of nitrogens with zero attached hydrogens (tertiary/aromatic N) is 3. The van der Waals surface area contributed by atoms with Crippen LogP contribution in [0.5, 0.6) is 0 Å². The van der Waals surface area contributed by atoms with Crippen LogP contribution in [0, 0.1) is 0 Å². The van der Waals surface area contributed by atoms with E-state index in [1.807, 2.05) is 0 Å². The van der Waals surface area contributed by atoms with Gasteiger partial charge in [0, 0.05) is 48.5 Å². The van der Waals surface area contributed by atoms with E-state index in [0.717, 1.165) is 49.1 Å². The van der Waals surface area contributed by atoms with Gasteiger partial charge < -0.3 is 15.1 Å². The van der Waals surface area contributed by atoms with Crippen molar-refractivity contribution in [1.82, 2.24) is 9.88 Å². The van der Waals surface area contributed by atoms with Gasteiger partial charge in [-0.15, -0.1) is 11.3 Å². The number of piperazine rings is 1. The third kappa shape index (κ3) is 4.31. The number of anilines is 3. The predicted molar refractivity (Wildman–Crippen MR) is 116 cm³/mol. The quantitative estimate of drug-likeness (QED) is 0.686. The molecule has 0 aliphatic carbocycles. The molecule has 0 unspecified atom stereocenters. The molecular formula is C22H26N4S. The molecule has 0 bridgehead atoms. The molecule has 1 aliphatic heterocycles. The lowest BCUT2D eigenvalue weighted by atomic mass is 10.1. The second-order valence-electron chi connectivity index (χ2n) is 7.05. The molecular weight excluding hydrogens is 352 g/mol. The van der Waals surface area contributed by atoms with Gasteiger partial charge in [0.1, 0.15) is 0 Å². The molecule has 140 valence electrons. The molecule has 5 heteroatoms. The van der Waals surface area contributed by atoms with Gasteiger partial charge in [-0.3, -0.25) is 0 Å². The second kappa shape index (κ2) is 8.11. The van der Waals surface area contributed by atoms with E-state index in [2.05, 4.69) is 83.0 Å². The summed E-state index contributed by atoms with van der Waals surface area (Å²) in [5.41, 5.74) is 5.92. The van der Waals surface area contributed by atoms with Crippen LogP contribution in [0.25, 0.3) is 11.3 Å². The first-order valence-corrected chi connectivity index (χ1v) is 10.4. The number of thiazole rings is 1. The molecule has 0 spiro atoms. The summed E-state index contributed by atoms with van der Waals surface area (Å²) in [6, 6.07) is 17.4. The molecule has 2 aromatic carbocycles. The van der Waals surface area contributed by atoms with E-state index in [-0.39, 0.29) is 0 Å². The Morgan fingerprint density at radius 3 is 2.33 bits per heavy atom. The molecule has 2 heterocycles. The van der Waals surface area contributed by atoms with Crippen LogP contribution in [0.15, 0.2) is 53.9 Å². The number of aryl methyl sites for hydroxylation is 1. The van der Waals surface area contributed by atoms with Gasteiger partial charge in [-0.25, -0.2) is 4.98 Å². The van der Waals surface area contributed by atoms with E-state index in [9.17, 15) is 0 Å². The maximum absolute atomic E-state index is 4.76. The van der Waals surface area contributed by atoms with Crippen molar-refractivity contribution in [2.24, 2.45) is 0 Å². The molecule has 1 fully saturated rings. The molecule has 3 aromatic rings. The van der Waals surface area contributed by atoms with Crippen LogP contribution in [0.3, 0.4) is 0 Å². The largest absolute Gasteiger partial charge is 0.369 e. The highest BCUT2D eigenvalue weighted by atomic mass is 32.1. The summed E-state index contributed by atoms with van der Waals surface area (Å²) in [5, 5.41) is 6.45. The van der Waals surface area contributed by atoms with Gasteiger partial charge in [0.15, 0.2) is 5.13 Å². The Balaban J connectivity index is 1.43. The topological polar surface area (TPSA) is 31.4 Å². The standard InChI is InChI=1S/C22H26N4S/c1-3-17-4-8-19(9-5-17)23-22-24-21(16-27-22)18-6-10-20(11-7-18)26-14-12-25(2)13-15-26/h4-11,16H,3,12-15H2,1-2H3,(H,23,24). The molecule has 0 atom stereocenters. The highest BCUT2D eigenvalue weighted by molar-refractivity contribution is 7.14. The number of hydrogen-bond acceptors (Lipinski definition) is 5. The fourth-order valence-corrected chi connectivity index (χ4v) is 4.06. The predicted octanol–water partition coefficient (Wildman–Crippen LogP) is 4.87. The van der Waals surface area contributed by atoms with Crippen LogP contribution in [-0.4, -0.2) is 43.1 Å². The molecule has 1 aromatic heterocycles. The van der Waals surface area contributed by atoms with Crippen LogP contribution in [0.2, 0.25) is 0 Å². The van der Waals surface area contributed by atoms with Gasteiger partial charge in [-0.2, -0.15) is 0 Å². The van der Waals surface area contributed by atoms with Crippen molar-refractivity contribution in [2.75, 3.05) is 43.4 Å². The lowest BCUT2D eigenvalue weighted by molar-refractivity contribution is 0.313. The maximum Gasteiger partial charge on any atom is 0.187 e. The zero-order valence-corrected chi connectivity index (χ0v) is 16.8. The highest BCUT2D eigenvalue weighted by Gasteiger charge is 2.14. The third-order valence-corrected chi connectivity index (χ3v) is 5.91. The van der Waals surface area contributed by atoms with Crippen molar-refractivity contribution in [1.29, 1.82) is 0 Å². The Bertz CT molecular complexity index is 862. The molecule has 0 amide bonds. The van der Waals surface area contributed by atoms with E-state index < -0.39 is 0 Å². The Labute approximate surface area is 165 Å². The summed E-state index contributed by atoms with van der Waals surface area (Å²) in [6.45, 7) is 6.61. The van der Waals surface area contributed by atoms with Crippen molar-refractivity contribution in [3.8, 4) is 11.3 Å². The Kier molecular flexibility index (Phi) is 5.41. The third-order valence-electron chi connectivity index (χ3n) is 5.15. The van der Waals surface area contributed by atoms with E-state index in [4.69, 9.17) is 4.98 Å². The van der Waals surface area contributed by atoms with Gasteiger partial charge in [0.25, 0.3) is 0 Å². The van der Waals surface area contributed by atoms with Crippen molar-refractivity contribution >= 4 is 27.8 Å². The smallest absolute Gasteiger partial charge is 0.187 e. The van der Waals surface area contributed by atoms with Gasteiger partial charge in [-0.05, 0) is 43.3 Å². The van der Waals surface area contributed by atoms with Crippen LogP contribution < -0.4 is 10.2 Å². The highest BCUT2D eigenvalue weighted by Crippen LogP contribution is 2.29. The number of nitrogens with one attached hydrogen (secondary N) is 1. The average Bonchev–Trinajstić information content (AvgIpc) is 3.18. The number of likely N-dealkylation sites (N-methyl/N-ethyl adjacent to an activating group) is 1. The first kappa shape index (κ1) is 18.0. The Morgan fingerprint density at radius 2 is 1.67 bits per heavy atom. The Hall–Kier alpha value is -2.37. The summed E-state index contributed by atoms with van der Waals surface area (Å²) < 4.78 is 0. The summed E-state index contributed by atoms with van der Waals surface area (Å²) in [7, 11) is 2.19. The van der Waals surface area contributed by atoms with Crippen LogP contribution in [0.1, 0.15) is 12.5 Å². The molecule has 1 aliphatic rings. The van der Waals surface area contributed by atoms with Crippen LogP contribution in [0.4, 0.5) is 16.5 Å². The monoisotopic (exact) mass is 378 g/mol. The van der Waals surface area contributed by atoms with Crippen molar-refractivity contribution in [2.45, 2.75) is 13.3 Å². The molecule has 1 N–H and O–H groups in total. The molecule has 4 nitrogen and oxygen atoms in total. The van der Waals surface area contributed by atoms with E-state index in [1.54, 1.807) is 11.3 Å². The second-order valence-corrected chi connectivity index (χ2v) is 7.91. The first-order valence-electron chi connectivity index (χ1n) is 9.56. The zero-order chi connectivity index (χ0) is 18.6. The van der Waals surface area contributed by atoms with Crippen molar-refractivity contribution in [3.05, 3.63) is 59.5 Å². The van der Waals surface area contributed by atoms with Gasteiger partial charge in [0.2, 0.25) is 0 Å². The van der Waals surface area contributed by atoms with Crippen LogP contribution in [-0.2, 0) is 6.42 Å². The summed E-state index contributed by atoms with van der Waals surface area (Å²) in [6.07, 6.45) is 1.06. The molecule has 0 saturated carbocycles. The van der Waals surface area contributed by atoms with E-state index in [1.165, 1.54) is 16.8 Å². The first-order chi connectivity index (χ1) is 13.2. The molecule has 27 heavy (non-hydrogen) atoms.